The Labute approximate surface area is 121 Å². The predicted molar refractivity (Wildman–Crippen MR) is 77.2 cm³/mol. The highest BCUT2D eigenvalue weighted by atomic mass is 79.9. The monoisotopic (exact) mass is 329 g/mol. The van der Waals surface area contributed by atoms with Crippen molar-refractivity contribution in [3.63, 3.8) is 0 Å². The van der Waals surface area contributed by atoms with E-state index in [1.54, 1.807) is 0 Å². The summed E-state index contributed by atoms with van der Waals surface area (Å²) in [6, 6.07) is 7.56. The fourth-order valence-electron chi connectivity index (χ4n) is 2.13. The Morgan fingerprint density at radius 2 is 2.21 bits per heavy atom. The predicted octanol–water partition coefficient (Wildman–Crippen LogP) is 1.55. The minimum atomic E-state index is -0.524. The molecule has 1 aliphatic carbocycles. The van der Waals surface area contributed by atoms with E-state index in [0.717, 1.165) is 29.6 Å². The Morgan fingerprint density at radius 3 is 2.89 bits per heavy atom. The molecule has 2 rings (SSSR count). The van der Waals surface area contributed by atoms with Crippen molar-refractivity contribution in [3.05, 3.63) is 28.7 Å². The van der Waals surface area contributed by atoms with Crippen LogP contribution in [0.4, 0.5) is 0 Å². The third kappa shape index (κ3) is 5.10. The van der Waals surface area contributed by atoms with Gasteiger partial charge in [-0.05, 0) is 43.5 Å². The largest absolute Gasteiger partial charge is 0.491 e. The maximum atomic E-state index is 9.79. The van der Waals surface area contributed by atoms with E-state index in [1.165, 1.54) is 0 Å². The normalized spacial score (nSPS) is 23.7. The Kier molecular flexibility index (Phi) is 5.63. The van der Waals surface area contributed by atoms with E-state index in [-0.39, 0.29) is 12.7 Å². The molecule has 0 heterocycles. The van der Waals surface area contributed by atoms with Crippen LogP contribution in [0.5, 0.6) is 5.75 Å². The summed E-state index contributed by atoms with van der Waals surface area (Å²) in [5, 5.41) is 22.2. The molecule has 0 radical (unpaired) electrons. The van der Waals surface area contributed by atoms with Gasteiger partial charge in [-0.1, -0.05) is 22.0 Å². The highest BCUT2D eigenvalue weighted by Gasteiger charge is 2.26. The average molecular weight is 330 g/mol. The summed E-state index contributed by atoms with van der Waals surface area (Å²) in [5.74, 6) is 1.30. The van der Waals surface area contributed by atoms with Crippen LogP contribution in [0.25, 0.3) is 0 Å². The molecule has 1 aromatic rings. The quantitative estimate of drug-likeness (QED) is 0.710. The summed E-state index contributed by atoms with van der Waals surface area (Å²) < 4.78 is 6.46. The van der Waals surface area contributed by atoms with Gasteiger partial charge in [-0.25, -0.2) is 0 Å². The van der Waals surface area contributed by atoms with Gasteiger partial charge in [0.2, 0.25) is 0 Å². The number of aliphatic hydroxyl groups excluding tert-OH is 2. The Bertz CT molecular complexity index is 396. The molecule has 0 saturated heterocycles. The van der Waals surface area contributed by atoms with Crippen molar-refractivity contribution in [3.8, 4) is 5.75 Å². The maximum absolute atomic E-state index is 9.79. The molecule has 19 heavy (non-hydrogen) atoms. The molecule has 1 aromatic carbocycles. The van der Waals surface area contributed by atoms with E-state index < -0.39 is 6.10 Å². The number of benzene rings is 1. The van der Waals surface area contributed by atoms with Crippen LogP contribution < -0.4 is 10.1 Å². The molecule has 5 heteroatoms. The number of hydrogen-bond donors (Lipinski definition) is 3. The summed E-state index contributed by atoms with van der Waals surface area (Å²) in [7, 11) is 0. The summed E-state index contributed by atoms with van der Waals surface area (Å²) in [6.07, 6.45) is 1.11. The molecule has 0 amide bonds. The number of ether oxygens (including phenoxy) is 1. The minimum Gasteiger partial charge on any atom is -0.491 e. The first kappa shape index (κ1) is 14.8. The highest BCUT2D eigenvalue weighted by Crippen LogP contribution is 2.26. The third-order valence-electron chi connectivity index (χ3n) is 3.26. The minimum absolute atomic E-state index is 0.114. The molecule has 106 valence electrons. The van der Waals surface area contributed by atoms with Crippen molar-refractivity contribution in [2.24, 2.45) is 5.92 Å². The molecule has 1 fully saturated rings. The molecular weight excluding hydrogens is 310 g/mol. The molecule has 0 bridgehead atoms. The van der Waals surface area contributed by atoms with Crippen LogP contribution >= 0.6 is 15.9 Å². The van der Waals surface area contributed by atoms with Gasteiger partial charge >= 0.3 is 0 Å². The SMILES string of the molecule is OC(CNCC1CC(O)C1)COc1cccc(Br)c1. The summed E-state index contributed by atoms with van der Waals surface area (Å²) in [6.45, 7) is 1.64. The second kappa shape index (κ2) is 7.24. The maximum Gasteiger partial charge on any atom is 0.120 e. The molecule has 0 aromatic heterocycles. The molecule has 1 aliphatic rings. The zero-order valence-electron chi connectivity index (χ0n) is 10.8. The van der Waals surface area contributed by atoms with Gasteiger partial charge in [0.25, 0.3) is 0 Å². The number of aliphatic hydroxyl groups is 2. The average Bonchev–Trinajstić information content (AvgIpc) is 2.34. The van der Waals surface area contributed by atoms with Crippen LogP contribution in [0.3, 0.4) is 0 Å². The Balaban J connectivity index is 1.58. The molecule has 1 unspecified atom stereocenters. The fraction of sp³-hybridized carbons (Fsp3) is 0.571. The summed E-state index contributed by atoms with van der Waals surface area (Å²) >= 11 is 3.37. The van der Waals surface area contributed by atoms with E-state index in [9.17, 15) is 5.11 Å². The zero-order valence-corrected chi connectivity index (χ0v) is 12.3. The second-order valence-electron chi connectivity index (χ2n) is 5.07. The lowest BCUT2D eigenvalue weighted by atomic mass is 9.82. The van der Waals surface area contributed by atoms with E-state index in [4.69, 9.17) is 9.84 Å². The van der Waals surface area contributed by atoms with Gasteiger partial charge in [0.05, 0.1) is 6.10 Å². The van der Waals surface area contributed by atoms with E-state index in [0.29, 0.717) is 12.5 Å². The first-order chi connectivity index (χ1) is 9.13. The lowest BCUT2D eigenvalue weighted by molar-refractivity contribution is 0.0400. The van der Waals surface area contributed by atoms with E-state index in [1.807, 2.05) is 24.3 Å². The first-order valence-corrected chi connectivity index (χ1v) is 7.38. The van der Waals surface area contributed by atoms with Crippen LogP contribution in [0.2, 0.25) is 0 Å². The number of nitrogens with one attached hydrogen (secondary N) is 1. The lowest BCUT2D eigenvalue weighted by Gasteiger charge is -2.31. The van der Waals surface area contributed by atoms with Crippen molar-refractivity contribution < 1.29 is 14.9 Å². The number of hydrogen-bond acceptors (Lipinski definition) is 4. The van der Waals surface area contributed by atoms with Crippen molar-refractivity contribution >= 4 is 15.9 Å². The summed E-state index contributed by atoms with van der Waals surface area (Å²) in [4.78, 5) is 0. The number of rotatable bonds is 7. The third-order valence-corrected chi connectivity index (χ3v) is 3.76. The second-order valence-corrected chi connectivity index (χ2v) is 5.99. The molecular formula is C14H20BrNO3. The van der Waals surface area contributed by atoms with E-state index in [2.05, 4.69) is 21.2 Å². The first-order valence-electron chi connectivity index (χ1n) is 6.58. The standard InChI is InChI=1S/C14H20BrNO3/c15-11-2-1-3-14(6-11)19-9-13(18)8-16-7-10-4-12(17)5-10/h1-3,6,10,12-13,16-18H,4-5,7-9H2. The van der Waals surface area contributed by atoms with Gasteiger partial charge < -0.3 is 20.3 Å². The van der Waals surface area contributed by atoms with Crippen LogP contribution in [0, 0.1) is 5.92 Å². The van der Waals surface area contributed by atoms with Gasteiger partial charge in [0, 0.05) is 11.0 Å². The van der Waals surface area contributed by atoms with Crippen molar-refractivity contribution in [1.82, 2.24) is 5.32 Å². The van der Waals surface area contributed by atoms with Crippen LogP contribution in [0.15, 0.2) is 28.7 Å². The molecule has 1 saturated carbocycles. The molecule has 0 aliphatic heterocycles. The molecule has 0 spiro atoms. The van der Waals surface area contributed by atoms with Crippen LogP contribution in [0.1, 0.15) is 12.8 Å². The highest BCUT2D eigenvalue weighted by molar-refractivity contribution is 9.10. The van der Waals surface area contributed by atoms with Crippen LogP contribution in [-0.4, -0.2) is 42.1 Å². The fourth-order valence-corrected chi connectivity index (χ4v) is 2.51. The van der Waals surface area contributed by atoms with Gasteiger partial charge in [0.15, 0.2) is 0 Å². The van der Waals surface area contributed by atoms with E-state index >= 15 is 0 Å². The smallest absolute Gasteiger partial charge is 0.120 e. The van der Waals surface area contributed by atoms with Crippen molar-refractivity contribution in [2.75, 3.05) is 19.7 Å². The topological polar surface area (TPSA) is 61.7 Å². The zero-order chi connectivity index (χ0) is 13.7. The number of halogens is 1. The van der Waals surface area contributed by atoms with Crippen molar-refractivity contribution in [2.45, 2.75) is 25.0 Å². The Hall–Kier alpha value is -0.620. The molecule has 1 atom stereocenters. The molecule has 3 N–H and O–H groups in total. The Morgan fingerprint density at radius 1 is 1.42 bits per heavy atom. The van der Waals surface area contributed by atoms with Crippen molar-refractivity contribution in [1.29, 1.82) is 0 Å². The lowest BCUT2D eigenvalue weighted by Crippen LogP contribution is -2.39. The van der Waals surface area contributed by atoms with Gasteiger partial charge in [0.1, 0.15) is 18.5 Å². The van der Waals surface area contributed by atoms with Gasteiger partial charge in [-0.15, -0.1) is 0 Å². The summed E-state index contributed by atoms with van der Waals surface area (Å²) in [5.41, 5.74) is 0. The van der Waals surface area contributed by atoms with Gasteiger partial charge in [-0.3, -0.25) is 0 Å². The van der Waals surface area contributed by atoms with Gasteiger partial charge in [-0.2, -0.15) is 0 Å². The molecule has 4 nitrogen and oxygen atoms in total. The van der Waals surface area contributed by atoms with Crippen LogP contribution in [-0.2, 0) is 0 Å².